The number of pyridine rings is 1. The van der Waals surface area contributed by atoms with E-state index in [0.29, 0.717) is 38.9 Å². The summed E-state index contributed by atoms with van der Waals surface area (Å²) in [7, 11) is -3.15. The molecule has 6 rings (SSSR count). The third-order valence-electron chi connectivity index (χ3n) is 10.9. The lowest BCUT2D eigenvalue weighted by atomic mass is 9.85. The van der Waals surface area contributed by atoms with E-state index in [4.69, 9.17) is 19.4 Å². The maximum Gasteiger partial charge on any atom is 0.408 e. The van der Waals surface area contributed by atoms with Gasteiger partial charge in [0.25, 0.3) is 0 Å². The highest BCUT2D eigenvalue weighted by Crippen LogP contribution is 2.71. The molecule has 6 atom stereocenters. The predicted molar refractivity (Wildman–Crippen MR) is 232 cm³/mol. The zero-order valence-corrected chi connectivity index (χ0v) is 37.6. The van der Waals surface area contributed by atoms with Gasteiger partial charge >= 0.3 is 6.18 Å². The number of fused-ring (bicyclic) bond motifs is 1. The van der Waals surface area contributed by atoms with E-state index in [1.165, 1.54) is 36.3 Å². The predicted octanol–water partition coefficient (Wildman–Crippen LogP) is 8.29. The molecule has 1 unspecified atom stereocenters. The Bertz CT molecular complexity index is 2440. The molecule has 2 amide bonds. The van der Waals surface area contributed by atoms with E-state index in [-0.39, 0.29) is 31.3 Å². The smallest absolute Gasteiger partial charge is 0.408 e. The molecule has 340 valence electrons. The van der Waals surface area contributed by atoms with E-state index in [9.17, 15) is 41.0 Å². The molecular formula is C43H51F5N7O6PS. The number of carbonyl (C=O) groups is 2. The normalized spacial score (nSPS) is 21.8. The Labute approximate surface area is 366 Å². The number of anilines is 1. The number of amidine groups is 1. The summed E-state index contributed by atoms with van der Waals surface area (Å²) in [5.41, 5.74) is -0.0638. The molecule has 2 aromatic heterocycles. The molecule has 0 radical (unpaired) electrons. The van der Waals surface area contributed by atoms with Crippen LogP contribution in [0.4, 0.5) is 27.1 Å². The number of hydrogen-bond acceptors (Lipinski definition) is 10. The number of halogens is 5. The van der Waals surface area contributed by atoms with Gasteiger partial charge in [-0.1, -0.05) is 32.9 Å². The summed E-state index contributed by atoms with van der Waals surface area (Å²) in [5, 5.41) is 10.0. The zero-order chi connectivity index (χ0) is 46.2. The van der Waals surface area contributed by atoms with Crippen LogP contribution in [0, 0.1) is 23.0 Å². The number of rotatable bonds is 15. The second kappa shape index (κ2) is 18.2. The molecule has 13 nitrogen and oxygen atoms in total. The number of amides is 2. The maximum atomic E-state index is 14.8. The highest BCUT2D eigenvalue weighted by atomic mass is 32.1. The molecule has 2 aromatic carbocycles. The van der Waals surface area contributed by atoms with Crippen LogP contribution in [-0.2, 0) is 20.3 Å². The van der Waals surface area contributed by atoms with Gasteiger partial charge < -0.3 is 35.2 Å². The summed E-state index contributed by atoms with van der Waals surface area (Å²) in [4.78, 5) is 55.3. The Kier molecular flexibility index (Phi) is 13.6. The average Bonchev–Trinajstić information content (AvgIpc) is 3.48. The minimum absolute atomic E-state index is 0.0754. The van der Waals surface area contributed by atoms with Crippen LogP contribution in [0.1, 0.15) is 59.9 Å². The van der Waals surface area contributed by atoms with Gasteiger partial charge in [-0.2, -0.15) is 13.2 Å². The second-order valence-corrected chi connectivity index (χ2v) is 20.6. The summed E-state index contributed by atoms with van der Waals surface area (Å²) < 4.78 is 95.3. The summed E-state index contributed by atoms with van der Waals surface area (Å²) in [6.07, 6.45) is -5.27. The molecule has 1 aliphatic heterocycles. The van der Waals surface area contributed by atoms with E-state index in [2.05, 4.69) is 27.5 Å². The summed E-state index contributed by atoms with van der Waals surface area (Å²) in [5.74, 6) is -3.67. The van der Waals surface area contributed by atoms with Gasteiger partial charge in [-0.15, -0.1) is 17.9 Å². The van der Waals surface area contributed by atoms with Crippen LogP contribution in [0.3, 0.4) is 0 Å². The first kappa shape index (κ1) is 47.4. The average molecular weight is 920 g/mol. The van der Waals surface area contributed by atoms with Gasteiger partial charge in [-0.05, 0) is 56.9 Å². The van der Waals surface area contributed by atoms with Crippen molar-refractivity contribution in [3.8, 4) is 22.9 Å². The molecule has 4 aromatic rings. The van der Waals surface area contributed by atoms with Crippen LogP contribution in [0.5, 0.6) is 11.5 Å². The number of aromatic nitrogens is 2. The number of carbonyl (C=O) groups excluding carboxylic acids is 2. The maximum absolute atomic E-state index is 14.8. The largest absolute Gasteiger partial charge is 0.497 e. The molecule has 4 N–H and O–H groups in total. The van der Waals surface area contributed by atoms with Gasteiger partial charge in [0.1, 0.15) is 58.8 Å². The SMILES string of the molecule is C=C[C@@H]1C[C@]1(NC(=O)[C@@H]1C[C@@H](Oc2cc(-c3csc(NC(C)C)n3)nc3cc(OC)ccc23)CN1C(=O)[C@@H](N/C(C)=N/CC(F)(F)F)C(C)(C)C)P(=O)(O)Cc1c(F)cccc1F. The topological polar surface area (TPSA) is 167 Å². The van der Waals surface area contributed by atoms with E-state index >= 15 is 0 Å². The first-order chi connectivity index (χ1) is 29.4. The molecular weight excluding hydrogens is 869 g/mol. The Morgan fingerprint density at radius 2 is 1.83 bits per heavy atom. The molecule has 1 saturated carbocycles. The van der Waals surface area contributed by atoms with Crippen molar-refractivity contribution in [2.75, 3.05) is 25.5 Å². The van der Waals surface area contributed by atoms with Crippen molar-refractivity contribution >= 4 is 52.4 Å². The Morgan fingerprint density at radius 1 is 1.13 bits per heavy atom. The highest BCUT2D eigenvalue weighted by Gasteiger charge is 2.66. The number of benzene rings is 2. The number of hydrogen-bond donors (Lipinski definition) is 4. The number of methoxy groups -OCH3 is 1. The molecule has 2 aliphatic rings. The van der Waals surface area contributed by atoms with Gasteiger partial charge in [0.2, 0.25) is 19.2 Å². The van der Waals surface area contributed by atoms with Gasteiger partial charge in [0.15, 0.2) is 5.13 Å². The summed E-state index contributed by atoms with van der Waals surface area (Å²) >= 11 is 1.39. The monoisotopic (exact) mass is 919 g/mol. The Morgan fingerprint density at radius 3 is 2.43 bits per heavy atom. The van der Waals surface area contributed by atoms with Gasteiger partial charge in [-0.25, -0.2) is 18.7 Å². The fourth-order valence-corrected chi connectivity index (χ4v) is 10.8. The molecule has 1 saturated heterocycles. The van der Waals surface area contributed by atoms with E-state index in [1.807, 2.05) is 19.2 Å². The highest BCUT2D eigenvalue weighted by molar-refractivity contribution is 7.59. The quantitative estimate of drug-likeness (QED) is 0.0300. The van der Waals surface area contributed by atoms with Crippen molar-refractivity contribution in [3.63, 3.8) is 0 Å². The minimum atomic E-state index is -4.67. The molecule has 3 heterocycles. The molecule has 2 fully saturated rings. The number of ether oxygens (including phenoxy) is 2. The lowest BCUT2D eigenvalue weighted by molar-refractivity contribution is -0.142. The number of thiazole rings is 1. The van der Waals surface area contributed by atoms with Crippen LogP contribution in [0.25, 0.3) is 22.3 Å². The number of nitrogens with zero attached hydrogens (tertiary/aromatic N) is 4. The Hall–Kier alpha value is -5.13. The lowest BCUT2D eigenvalue weighted by Crippen LogP contribution is -2.58. The fourth-order valence-electron chi connectivity index (χ4n) is 7.59. The third kappa shape index (κ3) is 10.6. The van der Waals surface area contributed by atoms with Crippen molar-refractivity contribution < 1.29 is 50.5 Å². The standard InChI is InChI=1S/C43H51F5N7O6PS/c1-9-25-18-42(25,62(58,59)20-29-30(44)11-10-12-31(29)45)54-38(56)35-16-27(19-55(35)39(57)37(41(5,6)7)51-24(4)49-22-43(46,47)48)61-36-17-33(34-21-63-40(53-34)50-23(2)3)52-32-15-26(60-8)13-14-28(32)36/h9-15,17,21,23,25,27,35,37H,1,16,18-20,22H2,2-8H3,(H,49,51)(H,50,53)(H,54,56)(H,58,59)/t25-,27-,35+,37-,42+/m1/s1. The molecule has 0 bridgehead atoms. The van der Waals surface area contributed by atoms with Gasteiger partial charge in [0.05, 0.1) is 36.9 Å². The van der Waals surface area contributed by atoms with Crippen LogP contribution in [-0.4, -0.2) is 93.3 Å². The molecule has 0 spiro atoms. The van der Waals surface area contributed by atoms with Crippen LogP contribution in [0.2, 0.25) is 0 Å². The van der Waals surface area contributed by atoms with Crippen molar-refractivity contribution in [2.24, 2.45) is 16.3 Å². The molecule has 20 heteroatoms. The van der Waals surface area contributed by atoms with Gasteiger partial charge in [-0.3, -0.25) is 19.1 Å². The second-order valence-electron chi connectivity index (χ2n) is 17.2. The minimum Gasteiger partial charge on any atom is -0.497 e. The van der Waals surface area contributed by atoms with E-state index in [1.54, 1.807) is 45.0 Å². The number of likely N-dealkylation sites (tertiary alicyclic amines) is 1. The van der Waals surface area contributed by atoms with Gasteiger partial charge in [0, 0.05) is 46.8 Å². The fraction of sp³-hybridized carbons (Fsp3) is 0.465. The first-order valence-corrected chi connectivity index (χ1v) is 22.9. The molecule has 63 heavy (non-hydrogen) atoms. The first-order valence-electron chi connectivity index (χ1n) is 20.2. The van der Waals surface area contributed by atoms with Crippen molar-refractivity contribution in [1.82, 2.24) is 25.5 Å². The molecule has 1 aliphatic carbocycles. The summed E-state index contributed by atoms with van der Waals surface area (Å²) in [6.45, 7) is 12.4. The third-order valence-corrected chi connectivity index (χ3v) is 14.3. The summed E-state index contributed by atoms with van der Waals surface area (Å²) in [6, 6.07) is 7.48. The zero-order valence-electron chi connectivity index (χ0n) is 35.8. The van der Waals surface area contributed by atoms with Crippen molar-refractivity contribution in [2.45, 2.75) is 96.2 Å². The Balaban J connectivity index is 1.38. The van der Waals surface area contributed by atoms with Crippen LogP contribution >= 0.6 is 18.7 Å². The van der Waals surface area contributed by atoms with E-state index < -0.39 is 90.1 Å². The number of alkyl halides is 3. The van der Waals surface area contributed by atoms with Crippen molar-refractivity contribution in [3.05, 3.63) is 77.7 Å². The van der Waals surface area contributed by atoms with Crippen LogP contribution in [0.15, 0.2) is 65.5 Å². The number of nitrogens with one attached hydrogen (secondary N) is 3. The van der Waals surface area contributed by atoms with Crippen LogP contribution < -0.4 is 25.4 Å². The van der Waals surface area contributed by atoms with Crippen molar-refractivity contribution in [1.29, 1.82) is 0 Å². The van der Waals surface area contributed by atoms with E-state index in [0.717, 1.165) is 18.2 Å². The lowest BCUT2D eigenvalue weighted by Gasteiger charge is -2.36. The number of aliphatic imine (C=N–C) groups is 1.